The summed E-state index contributed by atoms with van der Waals surface area (Å²) in [5.41, 5.74) is 6.66. The number of likely N-dealkylation sites (tertiary alicyclic amines) is 1. The van der Waals surface area contributed by atoms with Crippen LogP contribution < -0.4 is 30.8 Å². The molecule has 0 bridgehead atoms. The largest absolute Gasteiger partial charge is 0.543 e. The zero-order chi connectivity index (χ0) is 36.4. The molecule has 0 saturated carbocycles. The molecule has 3 aromatic rings. The molecule has 6 rings (SSSR count). The van der Waals surface area contributed by atoms with Gasteiger partial charge in [0.1, 0.15) is 17.1 Å². The number of hydrogen-bond acceptors (Lipinski definition) is 14. The summed E-state index contributed by atoms with van der Waals surface area (Å²) in [5, 5.41) is 40.3. The van der Waals surface area contributed by atoms with Crippen LogP contribution in [0.2, 0.25) is 0 Å². The monoisotopic (exact) mass is 734 g/mol. The molecule has 4 amide bonds. The summed E-state index contributed by atoms with van der Waals surface area (Å²) < 4.78 is 6.73. The van der Waals surface area contributed by atoms with Crippen molar-refractivity contribution in [3.8, 4) is 11.5 Å². The Morgan fingerprint density at radius 2 is 2.00 bits per heavy atom. The van der Waals surface area contributed by atoms with Crippen molar-refractivity contribution in [3.63, 3.8) is 0 Å². The molecule has 3 aliphatic heterocycles. The maximum Gasteiger partial charge on any atom is 0.290 e. The summed E-state index contributed by atoms with van der Waals surface area (Å²) in [7, 11) is 1.41. The highest BCUT2D eigenvalue weighted by Crippen LogP contribution is 2.41. The van der Waals surface area contributed by atoms with Crippen LogP contribution in [0.5, 0.6) is 11.5 Å². The number of β-lactam (4-membered cyclic amide) rings is 1. The SMILES string of the molecule is COc1cc(NC(=O)C[n+]2ccc(CN3CCC(=CC4=C(C(=O)[O-])N5C(=O)[C@@H](NC(=O)/C(=N\O)c6csc(N)n6)[C@H]5SC4)C3=O)cc2)ccc1O. The number of carbonyl (C=O) groups is 5. The molecule has 5 heterocycles. The van der Waals surface area contributed by atoms with E-state index < -0.39 is 34.9 Å². The molecule has 19 heteroatoms. The average molecular weight is 735 g/mol. The lowest BCUT2D eigenvalue weighted by molar-refractivity contribution is -0.684. The van der Waals surface area contributed by atoms with Gasteiger partial charge in [0.15, 0.2) is 34.7 Å². The molecule has 17 nitrogen and oxygen atoms in total. The Morgan fingerprint density at radius 3 is 2.67 bits per heavy atom. The number of anilines is 2. The number of benzene rings is 1. The van der Waals surface area contributed by atoms with E-state index in [4.69, 9.17) is 10.5 Å². The second-order valence-electron chi connectivity index (χ2n) is 11.5. The number of amides is 4. The highest BCUT2D eigenvalue weighted by Gasteiger charge is 2.53. The predicted octanol–water partition coefficient (Wildman–Crippen LogP) is -0.693. The Balaban J connectivity index is 1.07. The maximum atomic E-state index is 13.3. The number of oxime groups is 1. The lowest BCUT2D eigenvalue weighted by Crippen LogP contribution is -2.71. The summed E-state index contributed by atoms with van der Waals surface area (Å²) in [6, 6.07) is 6.94. The van der Waals surface area contributed by atoms with E-state index in [0.717, 1.165) is 21.8 Å². The number of rotatable bonds is 11. The van der Waals surface area contributed by atoms with Crippen LogP contribution in [-0.2, 0) is 37.1 Å². The third-order valence-electron chi connectivity index (χ3n) is 8.24. The van der Waals surface area contributed by atoms with Gasteiger partial charge in [0.2, 0.25) is 12.5 Å². The van der Waals surface area contributed by atoms with E-state index in [1.807, 2.05) is 0 Å². The molecular formula is C32H30N8O9S2. The minimum atomic E-state index is -1.60. The van der Waals surface area contributed by atoms with Gasteiger partial charge < -0.3 is 46.2 Å². The number of methoxy groups -OCH3 is 1. The number of aromatic hydroxyl groups is 1. The fourth-order valence-electron chi connectivity index (χ4n) is 5.77. The number of phenols is 1. The summed E-state index contributed by atoms with van der Waals surface area (Å²) in [5.74, 6) is -3.48. The summed E-state index contributed by atoms with van der Waals surface area (Å²) in [6.07, 6.45) is 5.26. The number of allylic oxidation sites excluding steroid dienone is 1. The third kappa shape index (κ3) is 7.19. The number of carboxylic acids is 1. The number of phenolic OH excluding ortho intramolecular Hbond substituents is 1. The first kappa shape index (κ1) is 34.9. The Kier molecular flexibility index (Phi) is 9.92. The Bertz CT molecular complexity index is 2030. The first-order valence-corrected chi connectivity index (χ1v) is 17.2. The van der Waals surface area contributed by atoms with Crippen molar-refractivity contribution >= 4 is 69.2 Å². The molecular weight excluding hydrogens is 705 g/mol. The molecule has 2 atom stereocenters. The number of carbonyl (C=O) groups excluding carboxylic acids is 5. The number of thiazole rings is 1. The summed E-state index contributed by atoms with van der Waals surface area (Å²) in [4.78, 5) is 70.6. The number of nitrogen functional groups attached to an aromatic ring is 1. The maximum absolute atomic E-state index is 13.3. The van der Waals surface area contributed by atoms with Crippen molar-refractivity contribution in [3.05, 3.63) is 82.3 Å². The molecule has 51 heavy (non-hydrogen) atoms. The molecule has 3 aliphatic rings. The number of thioether (sulfide) groups is 1. The number of hydrogen-bond donors (Lipinski definition) is 5. The second-order valence-corrected chi connectivity index (χ2v) is 13.5. The zero-order valence-corrected chi connectivity index (χ0v) is 28.4. The number of fused-ring (bicyclic) bond motifs is 1. The molecule has 0 aliphatic carbocycles. The van der Waals surface area contributed by atoms with Crippen LogP contribution in [0.3, 0.4) is 0 Å². The van der Waals surface area contributed by atoms with Crippen LogP contribution in [0.15, 0.2) is 76.2 Å². The van der Waals surface area contributed by atoms with Crippen LogP contribution in [0, 0.1) is 0 Å². The summed E-state index contributed by atoms with van der Waals surface area (Å²) in [6.45, 7) is 0.677. The quantitative estimate of drug-likeness (QED) is 0.0313. The molecule has 2 fully saturated rings. The van der Waals surface area contributed by atoms with Gasteiger partial charge in [-0.3, -0.25) is 24.1 Å². The van der Waals surface area contributed by atoms with Gasteiger partial charge in [-0.2, -0.15) is 4.57 Å². The van der Waals surface area contributed by atoms with Gasteiger partial charge in [0, 0.05) is 53.7 Å². The number of nitrogens with two attached hydrogens (primary N) is 1. The van der Waals surface area contributed by atoms with E-state index in [-0.39, 0.29) is 64.3 Å². The molecule has 0 unspecified atom stereocenters. The highest BCUT2D eigenvalue weighted by molar-refractivity contribution is 8.00. The number of aromatic nitrogens is 2. The molecule has 1 aromatic carbocycles. The van der Waals surface area contributed by atoms with Crippen LogP contribution >= 0.6 is 23.1 Å². The van der Waals surface area contributed by atoms with Crippen LogP contribution in [-0.4, -0.2) is 91.2 Å². The van der Waals surface area contributed by atoms with Gasteiger partial charge in [-0.1, -0.05) is 5.16 Å². The molecule has 2 aromatic heterocycles. The van der Waals surface area contributed by atoms with Crippen molar-refractivity contribution < 1.29 is 48.7 Å². The van der Waals surface area contributed by atoms with Gasteiger partial charge >= 0.3 is 0 Å². The number of aliphatic carboxylic acids is 1. The molecule has 264 valence electrons. The van der Waals surface area contributed by atoms with E-state index in [0.29, 0.717) is 24.2 Å². The zero-order valence-electron chi connectivity index (χ0n) is 26.8. The molecule has 2 saturated heterocycles. The first-order chi connectivity index (χ1) is 24.5. The second kappa shape index (κ2) is 14.5. The Morgan fingerprint density at radius 1 is 1.24 bits per heavy atom. The van der Waals surface area contributed by atoms with Crippen molar-refractivity contribution in [1.29, 1.82) is 0 Å². The van der Waals surface area contributed by atoms with E-state index in [1.165, 1.54) is 42.5 Å². The fraction of sp³-hybridized carbons (Fsp3) is 0.250. The summed E-state index contributed by atoms with van der Waals surface area (Å²) >= 11 is 2.23. The third-order valence-corrected chi connectivity index (χ3v) is 10.2. The van der Waals surface area contributed by atoms with Crippen LogP contribution in [0.25, 0.3) is 0 Å². The van der Waals surface area contributed by atoms with Gasteiger partial charge in [-0.05, 0) is 35.8 Å². The van der Waals surface area contributed by atoms with E-state index >= 15 is 0 Å². The smallest absolute Gasteiger partial charge is 0.290 e. The predicted molar refractivity (Wildman–Crippen MR) is 180 cm³/mol. The topological polar surface area (TPSA) is 244 Å². The molecule has 0 radical (unpaired) electrons. The van der Waals surface area contributed by atoms with Gasteiger partial charge in [-0.25, -0.2) is 4.98 Å². The first-order valence-electron chi connectivity index (χ1n) is 15.3. The Labute approximate surface area is 297 Å². The fourth-order valence-corrected chi connectivity index (χ4v) is 7.62. The number of nitrogens with one attached hydrogen (secondary N) is 2. The van der Waals surface area contributed by atoms with Gasteiger partial charge in [-0.15, -0.1) is 23.1 Å². The molecule has 0 spiro atoms. The van der Waals surface area contributed by atoms with Gasteiger partial charge in [0.25, 0.3) is 17.7 Å². The number of pyridine rings is 1. The van der Waals surface area contributed by atoms with Crippen LogP contribution in [0.4, 0.5) is 10.8 Å². The Hall–Kier alpha value is -5.95. The minimum Gasteiger partial charge on any atom is -0.543 e. The molecule has 6 N–H and O–H groups in total. The van der Waals surface area contributed by atoms with Crippen molar-refractivity contribution in [2.24, 2.45) is 5.16 Å². The van der Waals surface area contributed by atoms with E-state index in [1.54, 1.807) is 40.1 Å². The van der Waals surface area contributed by atoms with E-state index in [9.17, 15) is 39.4 Å². The van der Waals surface area contributed by atoms with E-state index in [2.05, 4.69) is 20.8 Å². The lowest BCUT2D eigenvalue weighted by Gasteiger charge is -2.50. The minimum absolute atomic E-state index is 0.0144. The lowest BCUT2D eigenvalue weighted by atomic mass is 10.0. The van der Waals surface area contributed by atoms with Gasteiger partial charge in [0.05, 0.1) is 18.8 Å². The number of nitrogens with zero attached hydrogens (tertiary/aromatic N) is 5. The average Bonchev–Trinajstić information content (AvgIpc) is 3.69. The number of ether oxygens (including phenoxy) is 1. The normalized spacial score (nSPS) is 19.5. The van der Waals surface area contributed by atoms with Crippen molar-refractivity contribution in [2.75, 3.05) is 30.5 Å². The number of carboxylic acid groups (broad SMARTS) is 1. The highest BCUT2D eigenvalue weighted by atomic mass is 32.2. The standard InChI is InChI=1S/C32H30N8O9S2/c1-49-22-11-19(2-3-21(22)41)34-23(42)13-38-7-4-16(5-8-38)12-39-9-6-17(28(39)44)10-18-14-50-30-25(29(45)40(30)26(18)31(46)47)36-27(43)24(37-48)20-15-51-32(33)35-20/h2-5,7-8,10-11,15,25,30H,6,9,12-14H2,1H3,(H6-,33,34,35,36,37,41,42,43,46,47,48)/t25-,30-/m1/s1. The van der Waals surface area contributed by atoms with Crippen LogP contribution in [0.1, 0.15) is 17.7 Å². The van der Waals surface area contributed by atoms with Crippen molar-refractivity contribution in [1.82, 2.24) is 20.1 Å². The van der Waals surface area contributed by atoms with Crippen molar-refractivity contribution in [2.45, 2.75) is 30.9 Å².